The van der Waals surface area contributed by atoms with Gasteiger partial charge in [-0.05, 0) is 35.9 Å². The molecular formula is C20H20N4O4. The van der Waals surface area contributed by atoms with E-state index in [-0.39, 0.29) is 6.79 Å². The van der Waals surface area contributed by atoms with Crippen molar-refractivity contribution in [3.05, 3.63) is 54.2 Å². The van der Waals surface area contributed by atoms with Gasteiger partial charge in [0.1, 0.15) is 17.3 Å². The highest BCUT2D eigenvalue weighted by atomic mass is 16.7. The lowest BCUT2D eigenvalue weighted by Crippen LogP contribution is -2.04. The number of benzene rings is 2. The summed E-state index contributed by atoms with van der Waals surface area (Å²) in [7, 11) is 3.21. The molecule has 4 rings (SSSR count). The summed E-state index contributed by atoms with van der Waals surface area (Å²) in [6.45, 7) is 0.862. The molecule has 0 bridgehead atoms. The Morgan fingerprint density at radius 1 is 1.00 bits per heavy atom. The minimum atomic E-state index is 0.266. The molecule has 1 aliphatic heterocycles. The van der Waals surface area contributed by atoms with Crippen LogP contribution in [-0.4, -0.2) is 31.0 Å². The van der Waals surface area contributed by atoms with E-state index in [0.717, 1.165) is 22.7 Å². The topological polar surface area (TPSA) is 86.8 Å². The van der Waals surface area contributed by atoms with Crippen LogP contribution in [0.4, 0.5) is 17.5 Å². The maximum absolute atomic E-state index is 5.41. The molecule has 8 nitrogen and oxygen atoms in total. The van der Waals surface area contributed by atoms with Gasteiger partial charge in [-0.2, -0.15) is 4.98 Å². The molecule has 0 radical (unpaired) electrons. The number of methoxy groups -OCH3 is 2. The van der Waals surface area contributed by atoms with Gasteiger partial charge in [0.2, 0.25) is 12.7 Å². The van der Waals surface area contributed by atoms with E-state index in [4.69, 9.17) is 18.9 Å². The predicted molar refractivity (Wildman–Crippen MR) is 105 cm³/mol. The maximum Gasteiger partial charge on any atom is 0.231 e. The number of hydrogen-bond donors (Lipinski definition) is 2. The Labute approximate surface area is 162 Å². The Kier molecular flexibility index (Phi) is 5.01. The molecule has 144 valence electrons. The molecule has 2 aromatic carbocycles. The van der Waals surface area contributed by atoms with Crippen molar-refractivity contribution in [2.45, 2.75) is 6.54 Å². The Bertz CT molecular complexity index is 980. The molecule has 0 fully saturated rings. The number of fused-ring (bicyclic) bond motifs is 1. The van der Waals surface area contributed by atoms with Crippen molar-refractivity contribution >= 4 is 17.5 Å². The Morgan fingerprint density at radius 2 is 1.89 bits per heavy atom. The number of aromatic nitrogens is 2. The molecule has 28 heavy (non-hydrogen) atoms. The molecule has 1 aliphatic rings. The van der Waals surface area contributed by atoms with Crippen LogP contribution in [0.25, 0.3) is 0 Å². The molecule has 0 spiro atoms. The lowest BCUT2D eigenvalue weighted by Gasteiger charge is -2.12. The summed E-state index contributed by atoms with van der Waals surface area (Å²) in [5, 5.41) is 6.45. The molecule has 0 atom stereocenters. The SMILES string of the molecule is COc1ccc(Nc2nccc(NCc3ccc4c(c3)OCO4)n2)c(OC)c1. The molecular weight excluding hydrogens is 360 g/mol. The van der Waals surface area contributed by atoms with E-state index in [2.05, 4.69) is 20.6 Å². The zero-order chi connectivity index (χ0) is 19.3. The number of nitrogens with one attached hydrogen (secondary N) is 2. The number of nitrogens with zero attached hydrogens (tertiary/aromatic N) is 2. The van der Waals surface area contributed by atoms with Crippen molar-refractivity contribution in [3.8, 4) is 23.0 Å². The summed E-state index contributed by atoms with van der Waals surface area (Å²) in [5.74, 6) is 4.03. The van der Waals surface area contributed by atoms with Crippen LogP contribution in [0, 0.1) is 0 Å². The van der Waals surface area contributed by atoms with Crippen molar-refractivity contribution < 1.29 is 18.9 Å². The van der Waals surface area contributed by atoms with Crippen molar-refractivity contribution in [1.82, 2.24) is 9.97 Å². The third-order valence-corrected chi connectivity index (χ3v) is 4.22. The normalized spacial score (nSPS) is 11.8. The zero-order valence-electron chi connectivity index (χ0n) is 15.6. The van der Waals surface area contributed by atoms with E-state index < -0.39 is 0 Å². The third kappa shape index (κ3) is 3.85. The highest BCUT2D eigenvalue weighted by Crippen LogP contribution is 2.33. The standard InChI is InChI=1S/C20H20N4O4/c1-25-14-4-5-15(17(10-14)26-2)23-20-21-8-7-19(24-20)22-11-13-3-6-16-18(9-13)28-12-27-16/h3-10H,11-12H2,1-2H3,(H2,21,22,23,24). The maximum atomic E-state index is 5.41. The van der Waals surface area contributed by atoms with Crippen LogP contribution in [-0.2, 0) is 6.54 Å². The number of hydrogen-bond acceptors (Lipinski definition) is 8. The van der Waals surface area contributed by atoms with E-state index in [0.29, 0.717) is 29.8 Å². The molecule has 0 unspecified atom stereocenters. The molecule has 0 aliphatic carbocycles. The second-order valence-corrected chi connectivity index (χ2v) is 6.00. The van der Waals surface area contributed by atoms with Crippen LogP contribution in [0.5, 0.6) is 23.0 Å². The predicted octanol–water partition coefficient (Wildman–Crippen LogP) is 3.58. The molecule has 0 saturated heterocycles. The van der Waals surface area contributed by atoms with E-state index in [9.17, 15) is 0 Å². The van der Waals surface area contributed by atoms with E-state index >= 15 is 0 Å². The summed E-state index contributed by atoms with van der Waals surface area (Å²) < 4.78 is 21.4. The van der Waals surface area contributed by atoms with Gasteiger partial charge in [-0.1, -0.05) is 6.07 Å². The molecule has 0 saturated carbocycles. The molecule has 3 aromatic rings. The first-order valence-electron chi connectivity index (χ1n) is 8.69. The first-order valence-corrected chi connectivity index (χ1v) is 8.69. The lowest BCUT2D eigenvalue weighted by molar-refractivity contribution is 0.174. The van der Waals surface area contributed by atoms with E-state index in [1.807, 2.05) is 36.4 Å². The minimum absolute atomic E-state index is 0.266. The first kappa shape index (κ1) is 17.7. The Morgan fingerprint density at radius 3 is 2.75 bits per heavy atom. The molecule has 1 aromatic heterocycles. The fourth-order valence-corrected chi connectivity index (χ4v) is 2.78. The van der Waals surface area contributed by atoms with Gasteiger partial charge in [-0.25, -0.2) is 4.98 Å². The van der Waals surface area contributed by atoms with Gasteiger partial charge in [0.05, 0.1) is 19.9 Å². The van der Waals surface area contributed by atoms with Gasteiger partial charge in [-0.3, -0.25) is 0 Å². The van der Waals surface area contributed by atoms with Crippen LogP contribution >= 0.6 is 0 Å². The Balaban J connectivity index is 1.44. The first-order chi connectivity index (χ1) is 13.7. The van der Waals surface area contributed by atoms with Crippen LogP contribution in [0.3, 0.4) is 0 Å². The number of ether oxygens (including phenoxy) is 4. The van der Waals surface area contributed by atoms with Crippen molar-refractivity contribution in [1.29, 1.82) is 0 Å². The zero-order valence-corrected chi connectivity index (χ0v) is 15.6. The van der Waals surface area contributed by atoms with Gasteiger partial charge in [0.25, 0.3) is 0 Å². The van der Waals surface area contributed by atoms with Crippen molar-refractivity contribution in [2.24, 2.45) is 0 Å². The van der Waals surface area contributed by atoms with Crippen LogP contribution in [0.2, 0.25) is 0 Å². The molecule has 2 heterocycles. The fourth-order valence-electron chi connectivity index (χ4n) is 2.78. The summed E-state index contributed by atoms with van der Waals surface area (Å²) in [6, 6.07) is 13.1. The summed E-state index contributed by atoms with van der Waals surface area (Å²) in [5.41, 5.74) is 1.81. The van der Waals surface area contributed by atoms with E-state index in [1.165, 1.54) is 0 Å². The largest absolute Gasteiger partial charge is 0.497 e. The van der Waals surface area contributed by atoms with Crippen LogP contribution in [0.15, 0.2) is 48.7 Å². The van der Waals surface area contributed by atoms with Crippen molar-refractivity contribution in [2.75, 3.05) is 31.6 Å². The summed E-state index contributed by atoms with van der Waals surface area (Å²) >= 11 is 0. The van der Waals surface area contributed by atoms with E-state index in [1.54, 1.807) is 26.5 Å². The van der Waals surface area contributed by atoms with Gasteiger partial charge in [0, 0.05) is 18.8 Å². The second-order valence-electron chi connectivity index (χ2n) is 6.00. The van der Waals surface area contributed by atoms with Gasteiger partial charge >= 0.3 is 0 Å². The Hall–Kier alpha value is -3.68. The monoisotopic (exact) mass is 380 g/mol. The fraction of sp³-hybridized carbons (Fsp3) is 0.200. The lowest BCUT2D eigenvalue weighted by atomic mass is 10.2. The van der Waals surface area contributed by atoms with Crippen molar-refractivity contribution in [3.63, 3.8) is 0 Å². The molecule has 0 amide bonds. The smallest absolute Gasteiger partial charge is 0.231 e. The highest BCUT2D eigenvalue weighted by molar-refractivity contribution is 5.64. The molecule has 8 heteroatoms. The third-order valence-electron chi connectivity index (χ3n) is 4.22. The van der Waals surface area contributed by atoms with Gasteiger partial charge in [-0.15, -0.1) is 0 Å². The second kappa shape index (κ2) is 7.91. The number of anilines is 3. The minimum Gasteiger partial charge on any atom is -0.497 e. The summed E-state index contributed by atoms with van der Waals surface area (Å²) in [4.78, 5) is 8.77. The average molecular weight is 380 g/mol. The van der Waals surface area contributed by atoms with Crippen LogP contribution in [0.1, 0.15) is 5.56 Å². The van der Waals surface area contributed by atoms with Crippen LogP contribution < -0.4 is 29.6 Å². The van der Waals surface area contributed by atoms with Gasteiger partial charge in [0.15, 0.2) is 11.5 Å². The summed E-state index contributed by atoms with van der Waals surface area (Å²) in [6.07, 6.45) is 1.69. The van der Waals surface area contributed by atoms with Gasteiger partial charge < -0.3 is 29.6 Å². The highest BCUT2D eigenvalue weighted by Gasteiger charge is 2.13. The quantitative estimate of drug-likeness (QED) is 0.643. The average Bonchev–Trinajstić information content (AvgIpc) is 3.21. The molecule has 2 N–H and O–H groups in total. The number of rotatable bonds is 7.